The first-order valence-corrected chi connectivity index (χ1v) is 8.32. The second-order valence-electron chi connectivity index (χ2n) is 6.04. The summed E-state index contributed by atoms with van der Waals surface area (Å²) >= 11 is 0. The van der Waals surface area contributed by atoms with Crippen LogP contribution < -0.4 is 5.32 Å². The Bertz CT molecular complexity index is 877. The highest BCUT2D eigenvalue weighted by Gasteiger charge is 2.21. The van der Waals surface area contributed by atoms with Crippen molar-refractivity contribution in [3.8, 4) is 0 Å². The molecule has 1 aromatic carbocycles. The summed E-state index contributed by atoms with van der Waals surface area (Å²) in [7, 11) is 0. The normalized spacial score (nSPS) is 12.5. The molecule has 1 amide bonds. The third-order valence-corrected chi connectivity index (χ3v) is 4.41. The molecule has 6 nitrogen and oxygen atoms in total. The van der Waals surface area contributed by atoms with Crippen molar-refractivity contribution in [1.29, 1.82) is 0 Å². The number of amides is 1. The summed E-state index contributed by atoms with van der Waals surface area (Å²) in [6.45, 7) is 8.79. The minimum absolute atomic E-state index is 0.112. The Morgan fingerprint density at radius 1 is 1.33 bits per heavy atom. The molecule has 6 heteroatoms. The van der Waals surface area contributed by atoms with Crippen molar-refractivity contribution in [2.45, 2.75) is 46.7 Å². The van der Waals surface area contributed by atoms with Crippen LogP contribution in [0.25, 0.3) is 10.9 Å². The standard InChI is InChI=1S/C18H23N5O/c1-5-14(17-19-10-20-23(17)6-2)22-18(24)16-12(4)13-9-11(3)7-8-15(13)21-16/h7-10,14,21H,5-6H2,1-4H3,(H,22,24). The SMILES string of the molecule is CCC(NC(=O)c1[nH]c2ccc(C)cc2c1C)c1ncnn1CC. The summed E-state index contributed by atoms with van der Waals surface area (Å²) in [5.41, 5.74) is 3.74. The highest BCUT2D eigenvalue weighted by Crippen LogP contribution is 2.24. The first-order valence-electron chi connectivity index (χ1n) is 8.32. The minimum Gasteiger partial charge on any atom is -0.350 e. The van der Waals surface area contributed by atoms with Crippen molar-refractivity contribution in [2.75, 3.05) is 0 Å². The number of fused-ring (bicyclic) bond motifs is 1. The van der Waals surface area contributed by atoms with Crippen LogP contribution in [0.5, 0.6) is 0 Å². The molecule has 0 bridgehead atoms. The molecule has 2 N–H and O–H groups in total. The fraction of sp³-hybridized carbons (Fsp3) is 0.389. The number of aryl methyl sites for hydroxylation is 3. The number of aromatic nitrogens is 4. The van der Waals surface area contributed by atoms with Gasteiger partial charge in [0.2, 0.25) is 0 Å². The highest BCUT2D eigenvalue weighted by molar-refractivity contribution is 6.01. The zero-order chi connectivity index (χ0) is 17.3. The Hall–Kier alpha value is -2.63. The lowest BCUT2D eigenvalue weighted by Crippen LogP contribution is -2.31. The Morgan fingerprint density at radius 2 is 2.12 bits per heavy atom. The van der Waals surface area contributed by atoms with Gasteiger partial charge in [0.25, 0.3) is 5.91 Å². The average Bonchev–Trinajstić information content (AvgIpc) is 3.17. The van der Waals surface area contributed by atoms with Crippen molar-refractivity contribution < 1.29 is 4.79 Å². The monoisotopic (exact) mass is 325 g/mol. The molecule has 0 saturated carbocycles. The van der Waals surface area contributed by atoms with E-state index >= 15 is 0 Å². The lowest BCUT2D eigenvalue weighted by atomic mass is 10.1. The predicted molar refractivity (Wildman–Crippen MR) is 94.0 cm³/mol. The molecule has 0 spiro atoms. The number of aromatic amines is 1. The first-order chi connectivity index (χ1) is 11.5. The number of H-pyrrole nitrogens is 1. The van der Waals surface area contributed by atoms with E-state index in [1.807, 2.05) is 37.6 Å². The molecule has 0 saturated heterocycles. The molecule has 1 atom stereocenters. The topological polar surface area (TPSA) is 75.6 Å². The fourth-order valence-corrected chi connectivity index (χ4v) is 3.03. The van der Waals surface area contributed by atoms with Crippen LogP contribution >= 0.6 is 0 Å². The Labute approximate surface area is 141 Å². The van der Waals surface area contributed by atoms with Gasteiger partial charge in [-0.05, 0) is 44.9 Å². The van der Waals surface area contributed by atoms with Crippen LogP contribution in [0.1, 0.15) is 53.7 Å². The van der Waals surface area contributed by atoms with Crippen LogP contribution in [0, 0.1) is 13.8 Å². The van der Waals surface area contributed by atoms with Gasteiger partial charge in [0.05, 0.1) is 6.04 Å². The molecular weight excluding hydrogens is 302 g/mol. The van der Waals surface area contributed by atoms with Gasteiger partial charge < -0.3 is 10.3 Å². The van der Waals surface area contributed by atoms with Crippen LogP contribution in [0.2, 0.25) is 0 Å². The largest absolute Gasteiger partial charge is 0.350 e. The molecule has 126 valence electrons. The summed E-state index contributed by atoms with van der Waals surface area (Å²) in [6, 6.07) is 5.99. The molecular formula is C18H23N5O. The van der Waals surface area contributed by atoms with Gasteiger partial charge in [-0.25, -0.2) is 9.67 Å². The lowest BCUT2D eigenvalue weighted by molar-refractivity contribution is 0.0928. The smallest absolute Gasteiger partial charge is 0.268 e. The lowest BCUT2D eigenvalue weighted by Gasteiger charge is -2.16. The van der Waals surface area contributed by atoms with Gasteiger partial charge in [-0.1, -0.05) is 18.6 Å². The minimum atomic E-state index is -0.160. The maximum atomic E-state index is 12.8. The van der Waals surface area contributed by atoms with E-state index in [-0.39, 0.29) is 11.9 Å². The molecule has 0 aliphatic heterocycles. The Morgan fingerprint density at radius 3 is 2.83 bits per heavy atom. The van der Waals surface area contributed by atoms with E-state index in [2.05, 4.69) is 33.4 Å². The van der Waals surface area contributed by atoms with Gasteiger partial charge in [-0.2, -0.15) is 5.10 Å². The van der Waals surface area contributed by atoms with Gasteiger partial charge in [-0.15, -0.1) is 0 Å². The third kappa shape index (κ3) is 2.79. The summed E-state index contributed by atoms with van der Waals surface area (Å²) in [4.78, 5) is 20.3. The highest BCUT2D eigenvalue weighted by atomic mass is 16.2. The summed E-state index contributed by atoms with van der Waals surface area (Å²) < 4.78 is 1.82. The zero-order valence-electron chi connectivity index (χ0n) is 14.6. The zero-order valence-corrected chi connectivity index (χ0v) is 14.6. The molecule has 0 fully saturated rings. The molecule has 3 rings (SSSR count). The van der Waals surface area contributed by atoms with E-state index in [0.717, 1.165) is 35.3 Å². The predicted octanol–water partition coefficient (Wildman–Crippen LogP) is 3.28. The molecule has 0 radical (unpaired) electrons. The van der Waals surface area contributed by atoms with E-state index in [1.54, 1.807) is 0 Å². The third-order valence-electron chi connectivity index (χ3n) is 4.41. The van der Waals surface area contributed by atoms with Crippen LogP contribution in [0.15, 0.2) is 24.5 Å². The Kier molecular flexibility index (Phi) is 4.38. The number of hydrogen-bond donors (Lipinski definition) is 2. The van der Waals surface area contributed by atoms with Crippen LogP contribution in [0.4, 0.5) is 0 Å². The molecule has 2 aromatic heterocycles. The molecule has 2 heterocycles. The van der Waals surface area contributed by atoms with E-state index in [0.29, 0.717) is 5.69 Å². The van der Waals surface area contributed by atoms with Crippen molar-refractivity contribution >= 4 is 16.8 Å². The fourth-order valence-electron chi connectivity index (χ4n) is 3.03. The van der Waals surface area contributed by atoms with E-state index < -0.39 is 0 Å². The van der Waals surface area contributed by atoms with E-state index in [9.17, 15) is 4.79 Å². The summed E-state index contributed by atoms with van der Waals surface area (Å²) in [5, 5.41) is 8.36. The Balaban J connectivity index is 1.90. The second kappa shape index (κ2) is 6.47. The van der Waals surface area contributed by atoms with Crippen molar-refractivity contribution in [3.63, 3.8) is 0 Å². The van der Waals surface area contributed by atoms with Crippen molar-refractivity contribution in [3.05, 3.63) is 47.2 Å². The van der Waals surface area contributed by atoms with Crippen LogP contribution in [-0.2, 0) is 6.54 Å². The maximum absolute atomic E-state index is 12.8. The molecule has 0 aliphatic carbocycles. The number of nitrogens with zero attached hydrogens (tertiary/aromatic N) is 3. The average molecular weight is 325 g/mol. The van der Waals surface area contributed by atoms with Crippen LogP contribution in [-0.4, -0.2) is 25.7 Å². The molecule has 0 aliphatic rings. The summed E-state index contributed by atoms with van der Waals surface area (Å²) in [5.74, 6) is 0.678. The molecule has 1 unspecified atom stereocenters. The van der Waals surface area contributed by atoms with Crippen molar-refractivity contribution in [2.24, 2.45) is 0 Å². The van der Waals surface area contributed by atoms with Gasteiger partial charge >= 0.3 is 0 Å². The van der Waals surface area contributed by atoms with Gasteiger partial charge in [0, 0.05) is 17.4 Å². The number of nitrogens with one attached hydrogen (secondary N) is 2. The quantitative estimate of drug-likeness (QED) is 0.756. The van der Waals surface area contributed by atoms with Gasteiger partial charge in [0.15, 0.2) is 0 Å². The van der Waals surface area contributed by atoms with Crippen LogP contribution in [0.3, 0.4) is 0 Å². The van der Waals surface area contributed by atoms with Crippen molar-refractivity contribution in [1.82, 2.24) is 25.1 Å². The molecule has 3 aromatic rings. The maximum Gasteiger partial charge on any atom is 0.268 e. The number of rotatable bonds is 5. The number of hydrogen-bond acceptors (Lipinski definition) is 3. The van der Waals surface area contributed by atoms with E-state index in [4.69, 9.17) is 0 Å². The second-order valence-corrected chi connectivity index (χ2v) is 6.04. The number of benzene rings is 1. The number of carbonyl (C=O) groups is 1. The van der Waals surface area contributed by atoms with Gasteiger partial charge in [-0.3, -0.25) is 4.79 Å². The molecule has 24 heavy (non-hydrogen) atoms. The summed E-state index contributed by atoms with van der Waals surface area (Å²) in [6.07, 6.45) is 2.29. The van der Waals surface area contributed by atoms with Gasteiger partial charge in [0.1, 0.15) is 17.8 Å². The first kappa shape index (κ1) is 16.2. The number of carbonyl (C=O) groups excluding carboxylic acids is 1. The van der Waals surface area contributed by atoms with E-state index in [1.165, 1.54) is 11.9 Å².